The molecule has 0 bridgehead atoms. The maximum absolute atomic E-state index is 5.05. The highest BCUT2D eigenvalue weighted by Gasteiger charge is 2.17. The first-order valence-corrected chi connectivity index (χ1v) is 17.7. The highest BCUT2D eigenvalue weighted by atomic mass is 14.9. The Bertz CT molecular complexity index is 2870. The van der Waals surface area contributed by atoms with Gasteiger partial charge in [0.25, 0.3) is 0 Å². The van der Waals surface area contributed by atoms with Gasteiger partial charge < -0.3 is 0 Å². The van der Waals surface area contributed by atoms with Crippen LogP contribution in [0.15, 0.2) is 194 Å². The number of benzene rings is 9. The second-order valence-corrected chi connectivity index (χ2v) is 13.3. The van der Waals surface area contributed by atoms with Gasteiger partial charge in [-0.2, -0.15) is 0 Å². The van der Waals surface area contributed by atoms with Gasteiger partial charge in [-0.05, 0) is 77.5 Å². The summed E-state index contributed by atoms with van der Waals surface area (Å²) in [4.78, 5) is 10.0. The van der Waals surface area contributed by atoms with E-state index in [9.17, 15) is 0 Å². The van der Waals surface area contributed by atoms with Crippen molar-refractivity contribution in [2.45, 2.75) is 0 Å². The van der Waals surface area contributed by atoms with Crippen molar-refractivity contribution in [3.05, 3.63) is 194 Å². The van der Waals surface area contributed by atoms with E-state index >= 15 is 0 Å². The van der Waals surface area contributed by atoms with Crippen molar-refractivity contribution in [3.8, 4) is 56.2 Å². The van der Waals surface area contributed by atoms with Crippen LogP contribution in [0.4, 0.5) is 0 Å². The lowest BCUT2D eigenvalue weighted by Crippen LogP contribution is -1.95. The van der Waals surface area contributed by atoms with Gasteiger partial charge in [-0.25, -0.2) is 9.97 Å². The van der Waals surface area contributed by atoms with Crippen molar-refractivity contribution in [3.63, 3.8) is 0 Å². The van der Waals surface area contributed by atoms with Crippen LogP contribution >= 0.6 is 0 Å². The summed E-state index contributed by atoms with van der Waals surface area (Å²) in [6, 6.07) is 69.3. The Morgan fingerprint density at radius 2 is 0.788 bits per heavy atom. The van der Waals surface area contributed by atoms with Crippen LogP contribution in [-0.2, 0) is 0 Å². The van der Waals surface area contributed by atoms with Crippen LogP contribution < -0.4 is 0 Å². The zero-order chi connectivity index (χ0) is 34.4. The summed E-state index contributed by atoms with van der Waals surface area (Å²) >= 11 is 0. The molecule has 0 aliphatic heterocycles. The van der Waals surface area contributed by atoms with E-state index in [4.69, 9.17) is 9.97 Å². The van der Waals surface area contributed by atoms with Gasteiger partial charge in [-0.3, -0.25) is 0 Å². The van der Waals surface area contributed by atoms with Gasteiger partial charge in [0.15, 0.2) is 5.82 Å². The summed E-state index contributed by atoms with van der Waals surface area (Å²) < 4.78 is 0. The zero-order valence-corrected chi connectivity index (χ0v) is 28.4. The van der Waals surface area contributed by atoms with Crippen LogP contribution in [0.5, 0.6) is 0 Å². The molecule has 2 nitrogen and oxygen atoms in total. The quantitative estimate of drug-likeness (QED) is 0.136. The predicted molar refractivity (Wildman–Crippen MR) is 219 cm³/mol. The van der Waals surface area contributed by atoms with E-state index in [0.29, 0.717) is 0 Å². The third kappa shape index (κ3) is 5.12. The molecule has 0 saturated heterocycles. The van der Waals surface area contributed by atoms with Gasteiger partial charge in [0.1, 0.15) is 0 Å². The van der Waals surface area contributed by atoms with Crippen LogP contribution in [0.1, 0.15) is 0 Å². The number of rotatable bonds is 5. The summed E-state index contributed by atoms with van der Waals surface area (Å²) in [5.74, 6) is 0.719. The van der Waals surface area contributed by atoms with Crippen molar-refractivity contribution in [2.24, 2.45) is 0 Å². The molecule has 0 unspecified atom stereocenters. The largest absolute Gasteiger partial charge is 0.228 e. The third-order valence-electron chi connectivity index (χ3n) is 10.3. The second kappa shape index (κ2) is 12.5. The molecule has 0 atom stereocenters. The normalized spacial score (nSPS) is 11.5. The fourth-order valence-electron chi connectivity index (χ4n) is 7.77. The number of aromatic nitrogens is 2. The minimum Gasteiger partial charge on any atom is -0.228 e. The molecule has 52 heavy (non-hydrogen) atoms. The van der Waals surface area contributed by atoms with Crippen LogP contribution in [0.3, 0.4) is 0 Å². The van der Waals surface area contributed by atoms with Gasteiger partial charge in [-0.15, -0.1) is 0 Å². The number of fused-ring (bicyclic) bond motifs is 5. The van der Waals surface area contributed by atoms with E-state index in [-0.39, 0.29) is 0 Å². The standard InChI is InChI=1S/C50H32N2/c1-3-14-35(15-4-1)47-32-48(52-50(51-47)37-16-5-2-6-17-37)36-25-23-34(24-26-36)40-29-30-44(43-22-12-11-21-42(40)43)49-41-20-10-8-18-38(41)31-46-39-19-9-7-13-33(39)27-28-45(46)49/h1-32H. The van der Waals surface area contributed by atoms with Crippen molar-refractivity contribution in [2.75, 3.05) is 0 Å². The first-order valence-electron chi connectivity index (χ1n) is 17.7. The molecule has 0 saturated carbocycles. The van der Waals surface area contributed by atoms with Gasteiger partial charge in [0.2, 0.25) is 0 Å². The molecule has 10 aromatic rings. The topological polar surface area (TPSA) is 25.8 Å². The summed E-state index contributed by atoms with van der Waals surface area (Å²) in [7, 11) is 0. The van der Waals surface area contributed by atoms with E-state index in [0.717, 1.165) is 33.9 Å². The summed E-state index contributed by atoms with van der Waals surface area (Å²) in [5.41, 5.74) is 9.82. The Morgan fingerprint density at radius 1 is 0.269 bits per heavy atom. The van der Waals surface area contributed by atoms with E-state index in [2.05, 4.69) is 170 Å². The Labute approximate surface area is 302 Å². The molecule has 0 aliphatic carbocycles. The summed E-state index contributed by atoms with van der Waals surface area (Å²) in [6.07, 6.45) is 0. The molecule has 10 rings (SSSR count). The molecule has 242 valence electrons. The first-order chi connectivity index (χ1) is 25.8. The molecule has 0 N–H and O–H groups in total. The molecule has 1 heterocycles. The molecule has 0 spiro atoms. The summed E-state index contributed by atoms with van der Waals surface area (Å²) in [6.45, 7) is 0. The van der Waals surface area contributed by atoms with E-state index < -0.39 is 0 Å². The fourth-order valence-corrected chi connectivity index (χ4v) is 7.77. The predicted octanol–water partition coefficient (Wildman–Crippen LogP) is 13.4. The van der Waals surface area contributed by atoms with Crippen LogP contribution in [0.25, 0.3) is 99.2 Å². The SMILES string of the molecule is c1ccc(-c2cc(-c3ccc(-c4ccc(-c5c6ccccc6cc6c5ccc5ccccc56)c5ccccc45)cc3)nc(-c3ccccc3)n2)cc1. The highest BCUT2D eigenvalue weighted by Crippen LogP contribution is 2.44. The molecule has 0 amide bonds. The van der Waals surface area contributed by atoms with Gasteiger partial charge >= 0.3 is 0 Å². The van der Waals surface area contributed by atoms with E-state index in [1.54, 1.807) is 0 Å². The maximum Gasteiger partial charge on any atom is 0.160 e. The average molecular weight is 661 g/mol. The Hall–Kier alpha value is -6.90. The van der Waals surface area contributed by atoms with E-state index in [1.165, 1.54) is 65.3 Å². The maximum atomic E-state index is 5.05. The molecule has 1 aromatic heterocycles. The van der Waals surface area contributed by atoms with E-state index in [1.807, 2.05) is 24.3 Å². The Kier molecular flexibility index (Phi) is 7.18. The fraction of sp³-hybridized carbons (Fsp3) is 0. The number of hydrogen-bond donors (Lipinski definition) is 0. The van der Waals surface area contributed by atoms with Gasteiger partial charge in [0, 0.05) is 16.7 Å². The lowest BCUT2D eigenvalue weighted by molar-refractivity contribution is 1.18. The van der Waals surface area contributed by atoms with Gasteiger partial charge in [0.05, 0.1) is 11.4 Å². The zero-order valence-electron chi connectivity index (χ0n) is 28.4. The highest BCUT2D eigenvalue weighted by molar-refractivity contribution is 6.23. The van der Waals surface area contributed by atoms with Crippen LogP contribution in [0.2, 0.25) is 0 Å². The molecule has 0 fully saturated rings. The smallest absolute Gasteiger partial charge is 0.160 e. The van der Waals surface area contributed by atoms with Crippen molar-refractivity contribution in [1.29, 1.82) is 0 Å². The van der Waals surface area contributed by atoms with Crippen molar-refractivity contribution in [1.82, 2.24) is 9.97 Å². The molecule has 2 heteroatoms. The minimum atomic E-state index is 0.719. The monoisotopic (exact) mass is 660 g/mol. The Balaban J connectivity index is 1.11. The molecule has 0 radical (unpaired) electrons. The minimum absolute atomic E-state index is 0.719. The lowest BCUT2D eigenvalue weighted by Gasteiger charge is -2.17. The van der Waals surface area contributed by atoms with Crippen molar-refractivity contribution >= 4 is 43.1 Å². The van der Waals surface area contributed by atoms with Crippen LogP contribution in [-0.4, -0.2) is 9.97 Å². The third-order valence-corrected chi connectivity index (χ3v) is 10.3. The second-order valence-electron chi connectivity index (χ2n) is 13.3. The number of hydrogen-bond acceptors (Lipinski definition) is 2. The first kappa shape index (κ1) is 30.0. The lowest BCUT2D eigenvalue weighted by atomic mass is 9.86. The van der Waals surface area contributed by atoms with Gasteiger partial charge in [-0.1, -0.05) is 182 Å². The molecular formula is C50H32N2. The number of nitrogens with zero attached hydrogens (tertiary/aromatic N) is 2. The molecular weight excluding hydrogens is 629 g/mol. The molecule has 9 aromatic carbocycles. The molecule has 0 aliphatic rings. The Morgan fingerprint density at radius 3 is 1.50 bits per heavy atom. The average Bonchev–Trinajstić information content (AvgIpc) is 3.23. The van der Waals surface area contributed by atoms with Crippen LogP contribution in [0, 0.1) is 0 Å². The summed E-state index contributed by atoms with van der Waals surface area (Å²) in [5, 5.41) is 10.1. The van der Waals surface area contributed by atoms with Crippen molar-refractivity contribution < 1.29 is 0 Å².